The number of hydrogen-bond acceptors (Lipinski definition) is 3. The Hall–Kier alpha value is -1.41. The predicted molar refractivity (Wildman–Crippen MR) is 118 cm³/mol. The maximum Gasteiger partial charge on any atom is 0.320 e. The van der Waals surface area contributed by atoms with Crippen molar-refractivity contribution in [3.63, 3.8) is 0 Å². The molecule has 0 saturated heterocycles. The Bertz CT molecular complexity index is 666. The summed E-state index contributed by atoms with van der Waals surface area (Å²) in [4.78, 5) is 0. The molecule has 28 heavy (non-hydrogen) atoms. The molecular formula is C24H35O3P. The summed E-state index contributed by atoms with van der Waals surface area (Å²) in [5, 5.41) is 0. The number of rotatable bonds is 8. The Morgan fingerprint density at radius 2 is 1.00 bits per heavy atom. The topological polar surface area (TPSA) is 35.5 Å². The van der Waals surface area contributed by atoms with Gasteiger partial charge in [-0.05, 0) is 34.8 Å². The minimum Gasteiger partial charge on any atom is -0.302 e. The first-order valence-corrected chi connectivity index (χ1v) is 11.2. The van der Waals surface area contributed by atoms with Gasteiger partial charge in [0, 0.05) is 0 Å². The lowest BCUT2D eigenvalue weighted by Crippen LogP contribution is -2.15. The highest BCUT2D eigenvalue weighted by atomic mass is 31.1. The van der Waals surface area contributed by atoms with Crippen molar-refractivity contribution in [2.75, 3.05) is 0 Å². The molecule has 0 aliphatic carbocycles. The Morgan fingerprint density at radius 3 is 1.29 bits per heavy atom. The molecule has 0 aliphatic rings. The zero-order valence-electron chi connectivity index (χ0n) is 18.1. The summed E-state index contributed by atoms with van der Waals surface area (Å²) >= 11 is 0. The van der Waals surface area contributed by atoms with Gasteiger partial charge in [0.25, 0.3) is 0 Å². The Labute approximate surface area is 171 Å². The van der Waals surface area contributed by atoms with Crippen molar-refractivity contribution in [3.05, 3.63) is 71.8 Å². The maximum absolute atomic E-state index is 12.9. The highest BCUT2D eigenvalue weighted by Gasteiger charge is 2.26. The molecule has 2 aromatic carbocycles. The van der Waals surface area contributed by atoms with Gasteiger partial charge in [-0.2, -0.15) is 0 Å². The molecule has 0 N–H and O–H groups in total. The fourth-order valence-corrected chi connectivity index (χ4v) is 4.12. The third-order valence-electron chi connectivity index (χ3n) is 4.42. The molecule has 0 fully saturated rings. The smallest absolute Gasteiger partial charge is 0.302 e. The van der Waals surface area contributed by atoms with Crippen LogP contribution < -0.4 is 0 Å². The predicted octanol–water partition coefficient (Wildman–Crippen LogP) is 7.76. The third kappa shape index (κ3) is 8.31. The van der Waals surface area contributed by atoms with Crippen LogP contribution in [0.15, 0.2) is 60.7 Å². The van der Waals surface area contributed by atoms with Crippen LogP contribution in [-0.2, 0) is 13.6 Å². The average molecular weight is 403 g/mol. The molecule has 0 aliphatic heterocycles. The summed E-state index contributed by atoms with van der Waals surface area (Å²) in [5.74, 6) is 0. The molecule has 2 aromatic rings. The summed E-state index contributed by atoms with van der Waals surface area (Å²) in [6.45, 7) is 13.0. The van der Waals surface area contributed by atoms with Crippen LogP contribution in [0.25, 0.3) is 0 Å². The normalized spacial score (nSPS) is 14.8. The lowest BCUT2D eigenvalue weighted by Gasteiger charge is -2.29. The molecule has 2 rings (SSSR count). The Morgan fingerprint density at radius 1 is 0.679 bits per heavy atom. The minimum atomic E-state index is -2.67. The zero-order chi connectivity index (χ0) is 20.8. The Balaban J connectivity index is 2.16. The van der Waals surface area contributed by atoms with Crippen LogP contribution in [0.5, 0.6) is 0 Å². The van der Waals surface area contributed by atoms with Crippen molar-refractivity contribution < 1.29 is 13.6 Å². The molecule has 4 heteroatoms. The van der Waals surface area contributed by atoms with Crippen molar-refractivity contribution in [2.24, 2.45) is 10.8 Å². The van der Waals surface area contributed by atoms with Crippen LogP contribution in [0.1, 0.15) is 77.7 Å². The summed E-state index contributed by atoms with van der Waals surface area (Å²) < 4.78 is 24.9. The second kappa shape index (κ2) is 9.87. The van der Waals surface area contributed by atoms with Gasteiger partial charge < -0.3 is 9.05 Å². The van der Waals surface area contributed by atoms with Crippen LogP contribution >= 0.6 is 8.25 Å². The van der Waals surface area contributed by atoms with E-state index in [4.69, 9.17) is 9.05 Å². The quantitative estimate of drug-likeness (QED) is 0.423. The first-order valence-electron chi connectivity index (χ1n) is 10.0. The van der Waals surface area contributed by atoms with Gasteiger partial charge in [0.2, 0.25) is 0 Å². The summed E-state index contributed by atoms with van der Waals surface area (Å²) in [7, 11) is -2.67. The Kier molecular flexibility index (Phi) is 8.07. The van der Waals surface area contributed by atoms with Crippen molar-refractivity contribution in [1.82, 2.24) is 0 Å². The van der Waals surface area contributed by atoms with Gasteiger partial charge in [-0.1, -0.05) is 102 Å². The van der Waals surface area contributed by atoms with Crippen molar-refractivity contribution in [1.29, 1.82) is 0 Å². The van der Waals surface area contributed by atoms with Crippen molar-refractivity contribution >= 4 is 8.25 Å². The highest BCUT2D eigenvalue weighted by Crippen LogP contribution is 2.45. The monoisotopic (exact) mass is 402 g/mol. The first-order chi connectivity index (χ1) is 13.0. The van der Waals surface area contributed by atoms with Crippen molar-refractivity contribution in [2.45, 2.75) is 66.6 Å². The van der Waals surface area contributed by atoms with E-state index in [2.05, 4.69) is 41.5 Å². The molecule has 0 heterocycles. The van der Waals surface area contributed by atoms with Gasteiger partial charge in [0.1, 0.15) is 0 Å². The molecule has 0 unspecified atom stereocenters. The van der Waals surface area contributed by atoms with Gasteiger partial charge in [-0.15, -0.1) is 0 Å². The fraction of sp³-hybridized carbons (Fsp3) is 0.500. The SMILES string of the molecule is CC(C)(C)C[C@@H](O[PH](=O)O[C@H](CC(C)(C)C)c1ccccc1)c1ccccc1. The van der Waals surface area contributed by atoms with E-state index >= 15 is 0 Å². The lowest BCUT2D eigenvalue weighted by atomic mass is 9.87. The van der Waals surface area contributed by atoms with E-state index in [-0.39, 0.29) is 23.0 Å². The second-order valence-corrected chi connectivity index (χ2v) is 10.8. The molecule has 0 amide bonds. The maximum atomic E-state index is 12.9. The highest BCUT2D eigenvalue weighted by molar-refractivity contribution is 7.33. The molecule has 3 nitrogen and oxygen atoms in total. The van der Waals surface area contributed by atoms with E-state index < -0.39 is 8.25 Å². The van der Waals surface area contributed by atoms with Crippen molar-refractivity contribution in [3.8, 4) is 0 Å². The fourth-order valence-electron chi connectivity index (χ4n) is 3.16. The van der Waals surface area contributed by atoms with E-state index in [0.717, 1.165) is 24.0 Å². The van der Waals surface area contributed by atoms with E-state index in [1.807, 2.05) is 60.7 Å². The van der Waals surface area contributed by atoms with E-state index in [0.29, 0.717) is 0 Å². The van der Waals surface area contributed by atoms with E-state index in [1.54, 1.807) is 0 Å². The molecule has 154 valence electrons. The summed E-state index contributed by atoms with van der Waals surface area (Å²) in [5.41, 5.74) is 2.16. The van der Waals surface area contributed by atoms with Crippen LogP contribution in [0.2, 0.25) is 0 Å². The molecule has 0 bridgehead atoms. The van der Waals surface area contributed by atoms with Crippen LogP contribution in [0.4, 0.5) is 0 Å². The van der Waals surface area contributed by atoms with Gasteiger partial charge in [-0.25, -0.2) is 0 Å². The molecule has 0 radical (unpaired) electrons. The first kappa shape index (κ1) is 22.9. The lowest BCUT2D eigenvalue weighted by molar-refractivity contribution is 0.0873. The number of hydrogen-bond donors (Lipinski definition) is 0. The van der Waals surface area contributed by atoms with Gasteiger partial charge >= 0.3 is 8.25 Å². The minimum absolute atomic E-state index is 0.0485. The standard InChI is InChI=1S/C24H35O3P/c1-23(2,3)17-21(19-13-9-7-10-14-19)26-28(25)27-22(18-24(4,5)6)20-15-11-8-12-16-20/h7-16,21-22,28H,17-18H2,1-6H3/t21-,22-/m1/s1. The van der Waals surface area contributed by atoms with Crippen LogP contribution in [-0.4, -0.2) is 0 Å². The molecule has 2 atom stereocenters. The largest absolute Gasteiger partial charge is 0.320 e. The number of benzene rings is 2. The second-order valence-electron chi connectivity index (χ2n) is 9.81. The third-order valence-corrected chi connectivity index (χ3v) is 5.37. The van der Waals surface area contributed by atoms with Crippen LogP contribution in [0.3, 0.4) is 0 Å². The summed E-state index contributed by atoms with van der Waals surface area (Å²) in [6, 6.07) is 20.0. The molecular weight excluding hydrogens is 367 g/mol. The molecule has 0 spiro atoms. The van der Waals surface area contributed by atoms with Gasteiger partial charge in [0.05, 0.1) is 12.2 Å². The van der Waals surface area contributed by atoms with E-state index in [1.165, 1.54) is 0 Å². The molecule has 0 aromatic heterocycles. The van der Waals surface area contributed by atoms with Crippen LogP contribution in [0, 0.1) is 10.8 Å². The van der Waals surface area contributed by atoms with Gasteiger partial charge in [-0.3, -0.25) is 4.57 Å². The zero-order valence-corrected chi connectivity index (χ0v) is 19.1. The molecule has 0 saturated carbocycles. The van der Waals surface area contributed by atoms with Gasteiger partial charge in [0.15, 0.2) is 0 Å². The van der Waals surface area contributed by atoms with E-state index in [9.17, 15) is 4.57 Å². The average Bonchev–Trinajstić information content (AvgIpc) is 2.60. The summed E-state index contributed by atoms with van der Waals surface area (Å²) in [6.07, 6.45) is 1.04.